The van der Waals surface area contributed by atoms with Crippen LogP contribution in [0.5, 0.6) is 0 Å². The van der Waals surface area contributed by atoms with Gasteiger partial charge < -0.3 is 10.2 Å². The van der Waals surface area contributed by atoms with Crippen LogP contribution in [-0.2, 0) is 12.7 Å². The average molecular weight is 453 g/mol. The number of pyridine rings is 1. The van der Waals surface area contributed by atoms with E-state index in [1.807, 2.05) is 54.3 Å². The minimum atomic E-state index is -4.41. The largest absolute Gasteiger partial charge is 0.416 e. The monoisotopic (exact) mass is 452 g/mol. The van der Waals surface area contributed by atoms with Crippen LogP contribution >= 0.6 is 11.3 Å². The van der Waals surface area contributed by atoms with E-state index < -0.39 is 11.7 Å². The summed E-state index contributed by atoms with van der Waals surface area (Å²) in [6.45, 7) is 2.13. The van der Waals surface area contributed by atoms with Crippen molar-refractivity contribution in [3.8, 4) is 0 Å². The number of nitrogens with one attached hydrogen (secondary N) is 1. The summed E-state index contributed by atoms with van der Waals surface area (Å²) < 4.78 is 41.1. The molecule has 0 saturated carbocycles. The van der Waals surface area contributed by atoms with E-state index in [2.05, 4.69) is 15.3 Å². The van der Waals surface area contributed by atoms with Crippen LogP contribution in [0.2, 0.25) is 0 Å². The van der Waals surface area contributed by atoms with Crippen molar-refractivity contribution in [3.63, 3.8) is 0 Å². The molecule has 1 atom stereocenters. The third kappa shape index (κ3) is 3.71. The quantitative estimate of drug-likeness (QED) is 0.380. The number of benzene rings is 2. The molecule has 32 heavy (non-hydrogen) atoms. The summed E-state index contributed by atoms with van der Waals surface area (Å²) in [5.74, 6) is 0. The van der Waals surface area contributed by atoms with Gasteiger partial charge in [-0.15, -0.1) is 11.3 Å². The molecule has 0 radical (unpaired) electrons. The molecule has 0 spiro atoms. The van der Waals surface area contributed by atoms with Crippen LogP contribution in [-0.4, -0.2) is 16.0 Å². The Labute approximate surface area is 187 Å². The zero-order valence-corrected chi connectivity index (χ0v) is 17.9. The SMILES string of the molecule is C[C@H](Nc1ccnc2scnc12)C1=Cc2cccc(C(F)(F)F)c2CN1c1ccccc1. The topological polar surface area (TPSA) is 41.1 Å². The summed E-state index contributed by atoms with van der Waals surface area (Å²) in [7, 11) is 0. The summed E-state index contributed by atoms with van der Waals surface area (Å²) in [5.41, 5.74) is 5.37. The minimum absolute atomic E-state index is 0.134. The summed E-state index contributed by atoms with van der Waals surface area (Å²) in [5, 5.41) is 3.49. The predicted molar refractivity (Wildman–Crippen MR) is 123 cm³/mol. The number of anilines is 2. The van der Waals surface area contributed by atoms with E-state index in [1.54, 1.807) is 17.8 Å². The number of thiazole rings is 1. The Balaban J connectivity index is 1.59. The molecule has 0 amide bonds. The maximum atomic E-state index is 13.7. The Bertz CT molecular complexity index is 1300. The molecule has 4 nitrogen and oxygen atoms in total. The highest BCUT2D eigenvalue weighted by Gasteiger charge is 2.36. The lowest BCUT2D eigenvalue weighted by atomic mass is 9.93. The molecule has 0 fully saturated rings. The number of hydrogen-bond donors (Lipinski definition) is 1. The first-order valence-electron chi connectivity index (χ1n) is 10.1. The van der Waals surface area contributed by atoms with Gasteiger partial charge in [-0.25, -0.2) is 9.97 Å². The Hall–Kier alpha value is -3.39. The normalized spacial score (nSPS) is 14.8. The number of hydrogen-bond acceptors (Lipinski definition) is 5. The van der Waals surface area contributed by atoms with E-state index in [9.17, 15) is 13.2 Å². The van der Waals surface area contributed by atoms with Gasteiger partial charge in [0.15, 0.2) is 0 Å². The molecule has 1 aliphatic rings. The smallest absolute Gasteiger partial charge is 0.375 e. The van der Waals surface area contributed by atoms with Gasteiger partial charge in [0.2, 0.25) is 0 Å². The number of aromatic nitrogens is 2. The van der Waals surface area contributed by atoms with E-state index in [-0.39, 0.29) is 18.2 Å². The molecule has 0 saturated heterocycles. The fourth-order valence-electron chi connectivity index (χ4n) is 4.07. The second-order valence-corrected chi connectivity index (χ2v) is 8.43. The maximum Gasteiger partial charge on any atom is 0.416 e. The highest BCUT2D eigenvalue weighted by Crippen LogP contribution is 2.39. The Kier molecular flexibility index (Phi) is 5.09. The van der Waals surface area contributed by atoms with Gasteiger partial charge in [0.25, 0.3) is 0 Å². The first-order chi connectivity index (χ1) is 15.4. The van der Waals surface area contributed by atoms with E-state index in [0.717, 1.165) is 33.5 Å². The maximum absolute atomic E-state index is 13.7. The van der Waals surface area contributed by atoms with Crippen molar-refractivity contribution in [2.45, 2.75) is 25.7 Å². The van der Waals surface area contributed by atoms with Crippen LogP contribution in [0.1, 0.15) is 23.6 Å². The predicted octanol–water partition coefficient (Wildman–Crippen LogP) is 6.57. The van der Waals surface area contributed by atoms with Crippen molar-refractivity contribution in [1.82, 2.24) is 9.97 Å². The highest BCUT2D eigenvalue weighted by molar-refractivity contribution is 7.16. The van der Waals surface area contributed by atoms with E-state index in [1.165, 1.54) is 17.4 Å². The van der Waals surface area contributed by atoms with Gasteiger partial charge in [-0.3, -0.25) is 0 Å². The molecule has 8 heteroatoms. The first-order valence-corrected chi connectivity index (χ1v) is 11.0. The van der Waals surface area contributed by atoms with E-state index in [4.69, 9.17) is 0 Å². The van der Waals surface area contributed by atoms with E-state index in [0.29, 0.717) is 5.56 Å². The second-order valence-electron chi connectivity index (χ2n) is 7.59. The number of halogens is 3. The highest BCUT2D eigenvalue weighted by atomic mass is 32.1. The Morgan fingerprint density at radius 1 is 1.03 bits per heavy atom. The zero-order chi connectivity index (χ0) is 22.3. The Morgan fingerprint density at radius 2 is 1.84 bits per heavy atom. The first kappa shape index (κ1) is 20.5. The van der Waals surface area contributed by atoms with Gasteiger partial charge in [-0.2, -0.15) is 13.2 Å². The van der Waals surface area contributed by atoms with E-state index >= 15 is 0 Å². The van der Waals surface area contributed by atoms with Gasteiger partial charge in [-0.05, 0) is 48.4 Å². The Morgan fingerprint density at radius 3 is 2.62 bits per heavy atom. The molecule has 0 unspecified atom stereocenters. The minimum Gasteiger partial charge on any atom is -0.375 e. The number of alkyl halides is 3. The van der Waals surface area contributed by atoms with Crippen LogP contribution in [0.25, 0.3) is 16.4 Å². The molecular weight excluding hydrogens is 433 g/mol. The molecule has 5 rings (SSSR count). The van der Waals surface area contributed by atoms with Crippen LogP contribution in [0.3, 0.4) is 0 Å². The number of fused-ring (bicyclic) bond motifs is 2. The fourth-order valence-corrected chi connectivity index (χ4v) is 4.73. The van der Waals surface area contributed by atoms with Gasteiger partial charge >= 0.3 is 6.18 Å². The average Bonchev–Trinajstić information content (AvgIpc) is 3.27. The summed E-state index contributed by atoms with van der Waals surface area (Å²) in [6, 6.07) is 15.5. The number of nitrogens with zero attached hydrogens (tertiary/aromatic N) is 3. The summed E-state index contributed by atoms with van der Waals surface area (Å²) in [4.78, 5) is 11.5. The van der Waals surface area contributed by atoms with Crippen molar-refractivity contribution < 1.29 is 13.2 Å². The molecule has 2 aromatic carbocycles. The van der Waals surface area contributed by atoms with Gasteiger partial charge in [0, 0.05) is 24.1 Å². The van der Waals surface area contributed by atoms with Gasteiger partial charge in [-0.1, -0.05) is 30.3 Å². The second kappa shape index (κ2) is 7.94. The number of rotatable bonds is 4. The fraction of sp³-hybridized carbons (Fsp3) is 0.167. The molecular formula is C24H19F3N4S. The molecule has 2 aromatic heterocycles. The lowest BCUT2D eigenvalue weighted by Crippen LogP contribution is -2.35. The molecule has 3 heterocycles. The lowest BCUT2D eigenvalue weighted by Gasteiger charge is -2.36. The van der Waals surface area contributed by atoms with Crippen molar-refractivity contribution in [2.75, 3.05) is 10.2 Å². The van der Waals surface area contributed by atoms with Crippen molar-refractivity contribution in [1.29, 1.82) is 0 Å². The standard InChI is InChI=1S/C24H19F3N4S/c1-15(30-20-10-11-28-23-22(20)29-14-32-23)21-12-16-6-5-9-19(24(25,26)27)18(16)13-31(21)17-7-3-2-4-8-17/h2-12,14-15H,13H2,1H3,(H,28,30)/t15-/m0/s1. The van der Waals surface area contributed by atoms with Gasteiger partial charge in [0.1, 0.15) is 10.3 Å². The summed E-state index contributed by atoms with van der Waals surface area (Å²) in [6.07, 6.45) is -0.834. The molecule has 162 valence electrons. The molecule has 0 aliphatic carbocycles. The third-order valence-electron chi connectivity index (χ3n) is 5.57. The van der Waals surface area contributed by atoms with Crippen LogP contribution in [0.4, 0.5) is 24.5 Å². The van der Waals surface area contributed by atoms with Crippen molar-refractivity contribution in [2.24, 2.45) is 0 Å². The number of para-hydroxylation sites is 1. The molecule has 1 aliphatic heterocycles. The zero-order valence-electron chi connectivity index (χ0n) is 17.1. The molecule has 4 aromatic rings. The third-order valence-corrected chi connectivity index (χ3v) is 6.30. The molecule has 0 bridgehead atoms. The van der Waals surface area contributed by atoms with Crippen molar-refractivity contribution in [3.05, 3.63) is 88.7 Å². The van der Waals surface area contributed by atoms with Gasteiger partial charge in [0.05, 0.1) is 22.8 Å². The van der Waals surface area contributed by atoms with Crippen LogP contribution < -0.4 is 10.2 Å². The van der Waals surface area contributed by atoms with Crippen molar-refractivity contribution >= 4 is 39.1 Å². The summed E-state index contributed by atoms with van der Waals surface area (Å²) >= 11 is 1.46. The molecule has 1 N–H and O–H groups in total. The van der Waals surface area contributed by atoms with Crippen LogP contribution in [0, 0.1) is 0 Å². The van der Waals surface area contributed by atoms with Crippen LogP contribution in [0.15, 0.2) is 72.0 Å². The lowest BCUT2D eigenvalue weighted by molar-refractivity contribution is -0.138.